The van der Waals surface area contributed by atoms with Crippen LogP contribution in [-0.4, -0.2) is 4.98 Å². The molecule has 0 bridgehead atoms. The number of nitrogens with zero attached hydrogens (tertiary/aromatic N) is 1. The highest BCUT2D eigenvalue weighted by Crippen LogP contribution is 2.31. The van der Waals surface area contributed by atoms with Crippen LogP contribution in [0.3, 0.4) is 0 Å². The van der Waals surface area contributed by atoms with Crippen LogP contribution >= 0.6 is 11.3 Å². The van der Waals surface area contributed by atoms with Crippen molar-refractivity contribution in [2.45, 2.75) is 19.9 Å². The summed E-state index contributed by atoms with van der Waals surface area (Å²) >= 11 is 1.75. The molecule has 3 aromatic rings. The smallest absolute Gasteiger partial charge is 0.0979 e. The fourth-order valence-corrected chi connectivity index (χ4v) is 3.52. The van der Waals surface area contributed by atoms with Gasteiger partial charge in [-0.1, -0.05) is 54.6 Å². The summed E-state index contributed by atoms with van der Waals surface area (Å²) in [5, 5.41) is 1.13. The minimum Gasteiger partial charge on any atom is -0.325 e. The normalized spacial score (nSPS) is 10.8. The lowest BCUT2D eigenvalue weighted by Gasteiger charge is -2.02. The monoisotopic (exact) mass is 294 g/mol. The van der Waals surface area contributed by atoms with Crippen LogP contribution in [0, 0.1) is 6.92 Å². The van der Waals surface area contributed by atoms with Crippen molar-refractivity contribution in [2.24, 2.45) is 5.73 Å². The Bertz CT molecular complexity index is 732. The molecule has 0 spiro atoms. The van der Waals surface area contributed by atoms with E-state index in [0.29, 0.717) is 6.54 Å². The van der Waals surface area contributed by atoms with Crippen LogP contribution < -0.4 is 5.73 Å². The summed E-state index contributed by atoms with van der Waals surface area (Å²) in [4.78, 5) is 5.93. The van der Waals surface area contributed by atoms with Gasteiger partial charge < -0.3 is 5.73 Å². The van der Waals surface area contributed by atoms with Crippen LogP contribution in [0.25, 0.3) is 10.4 Å². The summed E-state index contributed by atoms with van der Waals surface area (Å²) in [5.74, 6) is 0. The lowest BCUT2D eigenvalue weighted by atomic mass is 10.1. The maximum atomic E-state index is 5.87. The first-order valence-corrected chi connectivity index (χ1v) is 7.88. The number of hydrogen-bond acceptors (Lipinski definition) is 3. The molecule has 0 aliphatic heterocycles. The Kier molecular flexibility index (Phi) is 4.13. The van der Waals surface area contributed by atoms with E-state index in [-0.39, 0.29) is 0 Å². The van der Waals surface area contributed by atoms with Crippen molar-refractivity contribution in [1.29, 1.82) is 0 Å². The highest BCUT2D eigenvalue weighted by atomic mass is 32.1. The van der Waals surface area contributed by atoms with E-state index in [1.54, 1.807) is 11.3 Å². The fraction of sp³-hybridized carbons (Fsp3) is 0.167. The number of benzene rings is 2. The third-order valence-electron chi connectivity index (χ3n) is 3.57. The molecule has 3 rings (SSSR count). The van der Waals surface area contributed by atoms with E-state index < -0.39 is 0 Å². The summed E-state index contributed by atoms with van der Waals surface area (Å²) in [6.07, 6.45) is 0.872. The molecule has 21 heavy (non-hydrogen) atoms. The first-order chi connectivity index (χ1) is 10.3. The van der Waals surface area contributed by atoms with Crippen LogP contribution in [0.4, 0.5) is 0 Å². The number of rotatable bonds is 4. The molecule has 0 amide bonds. The molecule has 1 heterocycles. The molecule has 0 aliphatic rings. The zero-order chi connectivity index (χ0) is 14.7. The standard InChI is InChI=1S/C18H18N2S/c1-13-7-5-6-10-15(13)11-17-20-16(12-19)18(21-17)14-8-3-2-4-9-14/h2-10H,11-12,19H2,1H3. The topological polar surface area (TPSA) is 38.9 Å². The molecule has 2 aromatic carbocycles. The van der Waals surface area contributed by atoms with Crippen LogP contribution in [0.5, 0.6) is 0 Å². The van der Waals surface area contributed by atoms with Gasteiger partial charge in [-0.3, -0.25) is 0 Å². The van der Waals surface area contributed by atoms with E-state index in [4.69, 9.17) is 10.7 Å². The summed E-state index contributed by atoms with van der Waals surface area (Å²) in [5.41, 5.74) is 10.7. The van der Waals surface area contributed by atoms with E-state index in [9.17, 15) is 0 Å². The van der Waals surface area contributed by atoms with Gasteiger partial charge in [0.25, 0.3) is 0 Å². The lowest BCUT2D eigenvalue weighted by Crippen LogP contribution is -1.99. The Morgan fingerprint density at radius 3 is 2.43 bits per heavy atom. The van der Waals surface area contributed by atoms with E-state index in [1.165, 1.54) is 21.6 Å². The Balaban J connectivity index is 1.95. The molecule has 1 aromatic heterocycles. The highest BCUT2D eigenvalue weighted by molar-refractivity contribution is 7.15. The second-order valence-electron chi connectivity index (χ2n) is 5.06. The quantitative estimate of drug-likeness (QED) is 0.784. The highest BCUT2D eigenvalue weighted by Gasteiger charge is 2.12. The molecule has 0 radical (unpaired) electrons. The molecule has 0 aliphatic carbocycles. The molecular formula is C18H18N2S. The Labute approximate surface area is 129 Å². The summed E-state index contributed by atoms with van der Waals surface area (Å²) in [6, 6.07) is 18.8. The first-order valence-electron chi connectivity index (χ1n) is 7.06. The van der Waals surface area contributed by atoms with Crippen molar-refractivity contribution < 1.29 is 0 Å². The number of aromatic nitrogens is 1. The van der Waals surface area contributed by atoms with E-state index in [2.05, 4.69) is 55.5 Å². The van der Waals surface area contributed by atoms with Gasteiger partial charge in [0, 0.05) is 13.0 Å². The van der Waals surface area contributed by atoms with Crippen molar-refractivity contribution in [2.75, 3.05) is 0 Å². The molecule has 2 N–H and O–H groups in total. The van der Waals surface area contributed by atoms with Gasteiger partial charge in [0.15, 0.2) is 0 Å². The van der Waals surface area contributed by atoms with Gasteiger partial charge in [0.05, 0.1) is 15.6 Å². The zero-order valence-corrected chi connectivity index (χ0v) is 12.9. The zero-order valence-electron chi connectivity index (χ0n) is 12.0. The summed E-state index contributed by atoms with van der Waals surface area (Å²) in [7, 11) is 0. The molecule has 0 saturated carbocycles. The fourth-order valence-electron chi connectivity index (χ4n) is 2.40. The van der Waals surface area contributed by atoms with Gasteiger partial charge in [0.2, 0.25) is 0 Å². The third kappa shape index (κ3) is 3.04. The van der Waals surface area contributed by atoms with Crippen LogP contribution in [-0.2, 0) is 13.0 Å². The van der Waals surface area contributed by atoms with Crippen molar-refractivity contribution in [1.82, 2.24) is 4.98 Å². The predicted octanol–water partition coefficient (Wildman–Crippen LogP) is 4.17. The third-order valence-corrected chi connectivity index (χ3v) is 4.72. The van der Waals surface area contributed by atoms with E-state index in [0.717, 1.165) is 17.1 Å². The Hall–Kier alpha value is -1.97. The predicted molar refractivity (Wildman–Crippen MR) is 89.4 cm³/mol. The minimum atomic E-state index is 0.481. The van der Waals surface area contributed by atoms with Crippen LogP contribution in [0.2, 0.25) is 0 Å². The average molecular weight is 294 g/mol. The van der Waals surface area contributed by atoms with Gasteiger partial charge in [0.1, 0.15) is 0 Å². The van der Waals surface area contributed by atoms with Gasteiger partial charge in [-0.25, -0.2) is 4.98 Å². The van der Waals surface area contributed by atoms with Crippen molar-refractivity contribution >= 4 is 11.3 Å². The Morgan fingerprint density at radius 1 is 1.00 bits per heavy atom. The molecule has 106 valence electrons. The lowest BCUT2D eigenvalue weighted by molar-refractivity contribution is 0.982. The second kappa shape index (κ2) is 6.20. The minimum absolute atomic E-state index is 0.481. The van der Waals surface area contributed by atoms with Gasteiger partial charge in [-0.15, -0.1) is 11.3 Å². The van der Waals surface area contributed by atoms with Crippen molar-refractivity contribution in [3.8, 4) is 10.4 Å². The number of nitrogens with two attached hydrogens (primary N) is 1. The van der Waals surface area contributed by atoms with E-state index in [1.807, 2.05) is 6.07 Å². The second-order valence-corrected chi connectivity index (χ2v) is 6.14. The maximum absolute atomic E-state index is 5.87. The van der Waals surface area contributed by atoms with Gasteiger partial charge >= 0.3 is 0 Å². The van der Waals surface area contributed by atoms with E-state index >= 15 is 0 Å². The SMILES string of the molecule is Cc1ccccc1Cc1nc(CN)c(-c2ccccc2)s1. The summed E-state index contributed by atoms with van der Waals surface area (Å²) in [6.45, 7) is 2.62. The van der Waals surface area contributed by atoms with Crippen molar-refractivity contribution in [3.05, 3.63) is 76.4 Å². The largest absolute Gasteiger partial charge is 0.325 e. The van der Waals surface area contributed by atoms with Crippen LogP contribution in [0.1, 0.15) is 21.8 Å². The molecule has 0 unspecified atom stereocenters. The molecular weight excluding hydrogens is 276 g/mol. The maximum Gasteiger partial charge on any atom is 0.0979 e. The first kappa shape index (κ1) is 14.0. The molecule has 0 atom stereocenters. The van der Waals surface area contributed by atoms with Crippen LogP contribution in [0.15, 0.2) is 54.6 Å². The summed E-state index contributed by atoms with van der Waals surface area (Å²) < 4.78 is 0. The number of thiazole rings is 1. The Morgan fingerprint density at radius 2 is 1.71 bits per heavy atom. The van der Waals surface area contributed by atoms with Gasteiger partial charge in [-0.05, 0) is 23.6 Å². The van der Waals surface area contributed by atoms with Gasteiger partial charge in [-0.2, -0.15) is 0 Å². The molecule has 0 saturated heterocycles. The molecule has 0 fully saturated rings. The molecule has 2 nitrogen and oxygen atoms in total. The average Bonchev–Trinajstić information content (AvgIpc) is 2.93. The number of aryl methyl sites for hydroxylation is 1. The molecule has 3 heteroatoms. The number of hydrogen-bond donors (Lipinski definition) is 1. The van der Waals surface area contributed by atoms with Crippen molar-refractivity contribution in [3.63, 3.8) is 0 Å².